The van der Waals surface area contributed by atoms with Crippen LogP contribution in [0.3, 0.4) is 0 Å². The third-order valence-electron chi connectivity index (χ3n) is 8.08. The van der Waals surface area contributed by atoms with Crippen molar-refractivity contribution >= 4 is 29.0 Å². The van der Waals surface area contributed by atoms with Crippen molar-refractivity contribution in [2.75, 3.05) is 13.7 Å². The van der Waals surface area contributed by atoms with Crippen LogP contribution in [0.2, 0.25) is 0 Å². The number of hydrogen-bond donors (Lipinski definition) is 12. The molecule has 0 radical (unpaired) electrons. The van der Waals surface area contributed by atoms with Gasteiger partial charge >= 0.3 is 10.4 Å². The second-order valence-corrected chi connectivity index (χ2v) is 11.8. The highest BCUT2D eigenvalue weighted by Gasteiger charge is 2.85. The smallest absolute Gasteiger partial charge is 0.394 e. The minimum atomic E-state index is -5.43. The number of guanidine groups is 1. The summed E-state index contributed by atoms with van der Waals surface area (Å²) in [6.45, 7) is 0.302. The first-order valence-electron chi connectivity index (χ1n) is 13.1. The second kappa shape index (κ2) is 12.1. The van der Waals surface area contributed by atoms with Crippen LogP contribution in [0.4, 0.5) is 0 Å². The molecular weight excluding hydrogens is 640 g/mol. The van der Waals surface area contributed by atoms with Crippen molar-refractivity contribution < 1.29 is 81.4 Å². The summed E-state index contributed by atoms with van der Waals surface area (Å²) < 4.78 is 56.9. The first kappa shape index (κ1) is 35.6. The molecule has 0 bridgehead atoms. The number of ether oxygens (including phenoxy) is 4. The summed E-state index contributed by atoms with van der Waals surface area (Å²) in [6, 6.07) is -3.61. The van der Waals surface area contributed by atoms with Gasteiger partial charge in [0.2, 0.25) is 0 Å². The first-order valence-corrected chi connectivity index (χ1v) is 14.4. The van der Waals surface area contributed by atoms with Crippen molar-refractivity contribution in [1.82, 2.24) is 5.32 Å². The lowest BCUT2D eigenvalue weighted by molar-refractivity contribution is -0.441. The monoisotopic (exact) mass is 676 g/mol. The molecule has 0 aromatic heterocycles. The van der Waals surface area contributed by atoms with E-state index in [1.165, 1.54) is 7.05 Å². The summed E-state index contributed by atoms with van der Waals surface area (Å²) in [5.74, 6) is -8.59. The van der Waals surface area contributed by atoms with Gasteiger partial charge in [0.25, 0.3) is 17.3 Å². The quantitative estimate of drug-likeness (QED) is 0.0466. The number of hydrogen-bond acceptors (Lipinski definition) is 20. The summed E-state index contributed by atoms with van der Waals surface area (Å²) in [4.78, 5) is 19.2. The molecule has 3 aliphatic heterocycles. The molecule has 1 aliphatic carbocycles. The molecule has 15 atom stereocenters. The average molecular weight is 677 g/mol. The number of aliphatic imine (C=N–C) groups is 2. The van der Waals surface area contributed by atoms with Crippen LogP contribution >= 0.6 is 0 Å². The van der Waals surface area contributed by atoms with Gasteiger partial charge in [0.05, 0.1) is 25.1 Å². The number of likely N-dealkylation sites (N-methyl/N-ethyl adjacent to an activating group) is 1. The summed E-state index contributed by atoms with van der Waals surface area (Å²) in [5, 5.41) is 89.8. The summed E-state index contributed by atoms with van der Waals surface area (Å²) in [7, 11) is -4.11. The van der Waals surface area contributed by atoms with Crippen molar-refractivity contribution in [1.29, 1.82) is 0 Å². The van der Waals surface area contributed by atoms with Crippen LogP contribution in [0, 0.1) is 0 Å². The Hall–Kier alpha value is -2.24. The second-order valence-electron chi connectivity index (χ2n) is 10.7. The van der Waals surface area contributed by atoms with Gasteiger partial charge in [-0.3, -0.25) is 9.79 Å². The van der Waals surface area contributed by atoms with Gasteiger partial charge in [0.15, 0.2) is 30.4 Å². The molecule has 3 saturated heterocycles. The van der Waals surface area contributed by atoms with Gasteiger partial charge in [-0.1, -0.05) is 0 Å². The third kappa shape index (κ3) is 5.29. The average Bonchev–Trinajstić information content (AvgIpc) is 3.32. The van der Waals surface area contributed by atoms with Crippen LogP contribution in [0.15, 0.2) is 9.98 Å². The Morgan fingerprint density at radius 1 is 1.04 bits per heavy atom. The Kier molecular flexibility index (Phi) is 9.57. The number of rotatable bonds is 9. The number of nitrogens with two attached hydrogens (primary N) is 3. The number of aldehydes is 1. The largest absolute Gasteiger partial charge is 0.405 e. The van der Waals surface area contributed by atoms with Gasteiger partial charge in [0.1, 0.15) is 42.7 Å². The van der Waals surface area contributed by atoms with Gasteiger partial charge in [-0.15, -0.1) is 0 Å². The Morgan fingerprint density at radius 2 is 1.69 bits per heavy atom. The van der Waals surface area contributed by atoms with E-state index in [9.17, 15) is 54.1 Å². The number of aliphatic hydroxyl groups is 8. The molecule has 0 unspecified atom stereocenters. The maximum Gasteiger partial charge on any atom is 0.405 e. The first-order chi connectivity index (χ1) is 20.8. The van der Waals surface area contributed by atoms with Crippen LogP contribution in [0.25, 0.3) is 0 Å². The standard InChI is InChI=1S/C21H36N6O17S/c1-6-18(34,4-29)14(41-15-8(25-2)10(31)9(30)7(3-28)40-15)16(39-6)42-20(36)13(33)11(32)12(26-5-22)19(35)21(20,27-17(23)24)44-45(37,38)43-19/h4-16,25,28,30-36H,3H2,1-2H3,(H2,22,26)(H4,23,24,27)/t6-,7-,8-,9-,10-,11-,12+,13+,14-,15-,16-,18+,19+,20+,21+/m0/s1. The molecule has 258 valence electrons. The number of nitrogens with one attached hydrogen (secondary N) is 1. The number of carbonyl (C=O) groups is 1. The number of nitrogens with zero attached hydrogens (tertiary/aromatic N) is 2. The van der Waals surface area contributed by atoms with E-state index in [2.05, 4.69) is 19.5 Å². The Morgan fingerprint density at radius 3 is 2.22 bits per heavy atom. The van der Waals surface area contributed by atoms with Crippen LogP contribution in [-0.4, -0.2) is 172 Å². The molecular formula is C21H36N6O17S. The molecule has 4 aliphatic rings. The number of carbonyl (C=O) groups excluding carboxylic acids is 1. The maximum absolute atomic E-state index is 12.6. The molecule has 15 N–H and O–H groups in total. The third-order valence-corrected chi connectivity index (χ3v) is 8.98. The van der Waals surface area contributed by atoms with Crippen LogP contribution in [0.1, 0.15) is 6.92 Å². The lowest BCUT2D eigenvalue weighted by Gasteiger charge is -2.54. The highest BCUT2D eigenvalue weighted by molar-refractivity contribution is 7.82. The zero-order valence-corrected chi connectivity index (χ0v) is 24.3. The van der Waals surface area contributed by atoms with Crippen molar-refractivity contribution in [3.05, 3.63) is 0 Å². The van der Waals surface area contributed by atoms with Crippen molar-refractivity contribution in [3.63, 3.8) is 0 Å². The van der Waals surface area contributed by atoms with Gasteiger partial charge < -0.3 is 82.3 Å². The lowest BCUT2D eigenvalue weighted by Crippen LogP contribution is -2.82. The van der Waals surface area contributed by atoms with E-state index in [0.717, 1.165) is 6.92 Å². The fraction of sp³-hybridized carbons (Fsp3) is 0.857. The zero-order chi connectivity index (χ0) is 33.9. The van der Waals surface area contributed by atoms with Crippen LogP contribution in [-0.2, 0) is 42.5 Å². The fourth-order valence-corrected chi connectivity index (χ4v) is 6.84. The van der Waals surface area contributed by atoms with E-state index < -0.39 is 113 Å². The molecule has 0 spiro atoms. The van der Waals surface area contributed by atoms with Crippen molar-refractivity contribution in [2.45, 2.75) is 97.2 Å². The van der Waals surface area contributed by atoms with Gasteiger partial charge in [-0.2, -0.15) is 8.42 Å². The number of fused-ring (bicyclic) bond motifs is 1. The number of aliphatic hydroxyl groups excluding tert-OH is 5. The minimum absolute atomic E-state index is 0.0539. The molecule has 23 nitrogen and oxygen atoms in total. The lowest BCUT2D eigenvalue weighted by atomic mass is 9.73. The van der Waals surface area contributed by atoms with E-state index in [1.54, 1.807) is 0 Å². The molecule has 1 saturated carbocycles. The Bertz CT molecular complexity index is 1290. The van der Waals surface area contributed by atoms with E-state index in [4.69, 9.17) is 40.3 Å². The van der Waals surface area contributed by atoms with Crippen LogP contribution in [0.5, 0.6) is 0 Å². The zero-order valence-electron chi connectivity index (χ0n) is 23.5. The molecule has 4 fully saturated rings. The molecule has 0 aromatic carbocycles. The van der Waals surface area contributed by atoms with Gasteiger partial charge in [0, 0.05) is 0 Å². The van der Waals surface area contributed by atoms with Crippen LogP contribution < -0.4 is 22.5 Å². The van der Waals surface area contributed by atoms with Gasteiger partial charge in [-0.05, 0) is 14.0 Å². The predicted molar refractivity (Wildman–Crippen MR) is 140 cm³/mol. The molecule has 24 heteroatoms. The topological polar surface area (TPSA) is 383 Å². The van der Waals surface area contributed by atoms with E-state index >= 15 is 0 Å². The fourth-order valence-electron chi connectivity index (χ4n) is 5.71. The Balaban J connectivity index is 1.85. The highest BCUT2D eigenvalue weighted by Crippen LogP contribution is 2.56. The summed E-state index contributed by atoms with van der Waals surface area (Å²) >= 11 is 0. The Labute approximate surface area is 254 Å². The maximum atomic E-state index is 12.6. The molecule has 0 aromatic rings. The molecule has 45 heavy (non-hydrogen) atoms. The normalized spacial score (nSPS) is 51.2. The minimum Gasteiger partial charge on any atom is -0.394 e. The molecule has 4 rings (SSSR count). The SMILES string of the molecule is CN[C@@H]1[C@H](O[C@H]2[C@H](O[C@]3(O)[C@H](O)[C@@H](O)[C@@H](N=CN)[C@@]4(O)OS(=O)(=O)O[C@@]34N=C(N)N)O[C@@H](C)[C@]2(O)C=O)O[C@@H](CO)[C@H](O)[C@H]1O. The molecule has 0 amide bonds. The van der Waals surface area contributed by atoms with E-state index in [0.29, 0.717) is 6.34 Å². The van der Waals surface area contributed by atoms with Crippen molar-refractivity contribution in [3.8, 4) is 0 Å². The summed E-state index contributed by atoms with van der Waals surface area (Å²) in [5.41, 5.74) is 9.78. The van der Waals surface area contributed by atoms with Gasteiger partial charge in [-0.25, -0.2) is 13.4 Å². The van der Waals surface area contributed by atoms with E-state index in [1.807, 2.05) is 0 Å². The molecule has 3 heterocycles. The van der Waals surface area contributed by atoms with Crippen molar-refractivity contribution in [2.24, 2.45) is 27.2 Å². The highest BCUT2D eigenvalue weighted by atomic mass is 32.3. The summed E-state index contributed by atoms with van der Waals surface area (Å²) in [6.07, 6.45) is -17.4. The predicted octanol–water partition coefficient (Wildman–Crippen LogP) is -9.18. The van der Waals surface area contributed by atoms with E-state index in [-0.39, 0.29) is 6.29 Å².